The number of para-hydroxylation sites is 1. The number of carbonyl (C=O) groups is 1. The van der Waals surface area contributed by atoms with Gasteiger partial charge in [0.05, 0.1) is 27.2 Å². The van der Waals surface area contributed by atoms with E-state index in [0.717, 1.165) is 19.9 Å². The summed E-state index contributed by atoms with van der Waals surface area (Å²) in [4.78, 5) is 12.9. The second-order valence-corrected chi connectivity index (χ2v) is 10.5. The molecular weight excluding hydrogens is 523 g/mol. The molecule has 0 aromatic heterocycles. The van der Waals surface area contributed by atoms with Gasteiger partial charge in [-0.25, -0.2) is 8.42 Å². The van der Waals surface area contributed by atoms with Crippen LogP contribution < -0.4 is 5.32 Å². The summed E-state index contributed by atoms with van der Waals surface area (Å²) >= 11 is 15.6. The fourth-order valence-corrected chi connectivity index (χ4v) is 4.98. The van der Waals surface area contributed by atoms with E-state index in [2.05, 4.69) is 21.2 Å². The molecule has 0 aliphatic heterocycles. The lowest BCUT2D eigenvalue weighted by molar-refractivity contribution is -0.116. The van der Waals surface area contributed by atoms with Gasteiger partial charge in [0.2, 0.25) is 15.9 Å². The average molecular weight is 542 g/mol. The first-order valence-corrected chi connectivity index (χ1v) is 12.2. The first kappa shape index (κ1) is 23.8. The zero-order chi connectivity index (χ0) is 22.6. The van der Waals surface area contributed by atoms with Gasteiger partial charge < -0.3 is 5.32 Å². The van der Waals surface area contributed by atoms with Crippen molar-refractivity contribution in [1.29, 1.82) is 0 Å². The fraction of sp³-hybridized carbons (Fsp3) is 0.136. The molecule has 3 aromatic rings. The van der Waals surface area contributed by atoms with Gasteiger partial charge in [0.1, 0.15) is 0 Å². The Bertz CT molecular complexity index is 1160. The summed E-state index contributed by atoms with van der Waals surface area (Å²) in [5.41, 5.74) is 1.92. The number of anilines is 1. The Balaban J connectivity index is 1.90. The molecule has 9 heteroatoms. The molecule has 162 valence electrons. The second-order valence-electron chi connectivity index (χ2n) is 6.86. The van der Waals surface area contributed by atoms with Crippen molar-refractivity contribution < 1.29 is 13.2 Å². The number of aryl methyl sites for hydroxylation is 1. The van der Waals surface area contributed by atoms with Crippen molar-refractivity contribution in [1.82, 2.24) is 4.31 Å². The van der Waals surface area contributed by atoms with Gasteiger partial charge in [-0.1, -0.05) is 75.0 Å². The minimum absolute atomic E-state index is 0.0210. The van der Waals surface area contributed by atoms with Gasteiger partial charge in [-0.15, -0.1) is 0 Å². The number of hydrogen-bond donors (Lipinski definition) is 1. The van der Waals surface area contributed by atoms with Crippen molar-refractivity contribution in [3.63, 3.8) is 0 Å². The molecular formula is C22H19BrCl2N2O3S. The Morgan fingerprint density at radius 3 is 2.13 bits per heavy atom. The minimum Gasteiger partial charge on any atom is -0.322 e. The summed E-state index contributed by atoms with van der Waals surface area (Å²) in [6.07, 6.45) is 0. The van der Waals surface area contributed by atoms with Crippen molar-refractivity contribution in [3.8, 4) is 0 Å². The van der Waals surface area contributed by atoms with Crippen LogP contribution in [0.5, 0.6) is 0 Å². The Hall–Kier alpha value is -1.90. The van der Waals surface area contributed by atoms with E-state index >= 15 is 0 Å². The topological polar surface area (TPSA) is 66.5 Å². The van der Waals surface area contributed by atoms with Crippen molar-refractivity contribution in [2.45, 2.75) is 18.4 Å². The molecule has 0 unspecified atom stereocenters. The maximum absolute atomic E-state index is 13.3. The summed E-state index contributed by atoms with van der Waals surface area (Å²) in [6.45, 7) is 1.48. The highest BCUT2D eigenvalue weighted by Gasteiger charge is 2.27. The van der Waals surface area contributed by atoms with E-state index in [1.807, 2.05) is 19.1 Å². The largest absolute Gasteiger partial charge is 0.322 e. The summed E-state index contributed by atoms with van der Waals surface area (Å²) < 4.78 is 28.6. The Morgan fingerprint density at radius 2 is 1.55 bits per heavy atom. The Labute approximate surface area is 200 Å². The molecule has 0 bridgehead atoms. The number of rotatable bonds is 7. The summed E-state index contributed by atoms with van der Waals surface area (Å²) in [5, 5.41) is 3.15. The molecule has 0 aliphatic carbocycles. The molecule has 0 spiro atoms. The number of carbonyl (C=O) groups excluding carboxylic acids is 1. The molecule has 0 aliphatic rings. The first-order valence-electron chi connectivity index (χ1n) is 9.22. The first-order chi connectivity index (χ1) is 14.7. The second kappa shape index (κ2) is 10.1. The summed E-state index contributed by atoms with van der Waals surface area (Å²) in [6, 6.07) is 18.5. The van der Waals surface area contributed by atoms with Crippen LogP contribution >= 0.6 is 39.1 Å². The number of hydrogen-bond acceptors (Lipinski definition) is 3. The zero-order valence-corrected chi connectivity index (χ0v) is 20.4. The van der Waals surface area contributed by atoms with Crippen molar-refractivity contribution in [2.75, 3.05) is 11.9 Å². The molecule has 3 rings (SSSR count). The number of nitrogens with one attached hydrogen (secondary N) is 1. The SMILES string of the molecule is Cc1ccc(S(=O)(=O)N(CC(=O)Nc2c(Cl)cccc2Cl)Cc2ccc(Br)cc2)cc1. The van der Waals surface area contributed by atoms with Crippen LogP contribution in [-0.2, 0) is 21.4 Å². The van der Waals surface area contributed by atoms with Gasteiger partial charge in [0.25, 0.3) is 0 Å². The fourth-order valence-electron chi connectivity index (χ4n) is 2.83. The van der Waals surface area contributed by atoms with Crippen molar-refractivity contribution in [3.05, 3.63) is 92.4 Å². The molecule has 1 amide bonds. The highest BCUT2D eigenvalue weighted by molar-refractivity contribution is 9.10. The van der Waals surface area contributed by atoms with E-state index < -0.39 is 22.5 Å². The van der Waals surface area contributed by atoms with Crippen LogP contribution in [0.4, 0.5) is 5.69 Å². The third kappa shape index (κ3) is 6.08. The molecule has 3 aromatic carbocycles. The maximum atomic E-state index is 13.3. The van der Waals surface area contributed by atoms with E-state index in [0.29, 0.717) is 0 Å². The van der Waals surface area contributed by atoms with Crippen LogP contribution in [0.2, 0.25) is 10.0 Å². The van der Waals surface area contributed by atoms with Crippen LogP contribution in [0.1, 0.15) is 11.1 Å². The highest BCUT2D eigenvalue weighted by atomic mass is 79.9. The molecule has 0 saturated carbocycles. The van der Waals surface area contributed by atoms with E-state index in [-0.39, 0.29) is 27.2 Å². The van der Waals surface area contributed by atoms with E-state index in [4.69, 9.17) is 23.2 Å². The van der Waals surface area contributed by atoms with Gasteiger partial charge in [-0.3, -0.25) is 4.79 Å². The molecule has 0 atom stereocenters. The lowest BCUT2D eigenvalue weighted by Gasteiger charge is -2.22. The van der Waals surface area contributed by atoms with Crippen LogP contribution in [0.15, 0.2) is 76.1 Å². The number of sulfonamides is 1. The third-order valence-electron chi connectivity index (χ3n) is 4.48. The van der Waals surface area contributed by atoms with Gasteiger partial charge in [0, 0.05) is 11.0 Å². The molecule has 0 heterocycles. The van der Waals surface area contributed by atoms with Crippen molar-refractivity contribution >= 4 is 60.7 Å². The predicted molar refractivity (Wildman–Crippen MR) is 128 cm³/mol. The van der Waals surface area contributed by atoms with E-state index in [1.165, 1.54) is 12.1 Å². The molecule has 0 radical (unpaired) electrons. The number of amides is 1. The average Bonchev–Trinajstić information content (AvgIpc) is 2.72. The van der Waals surface area contributed by atoms with Gasteiger partial charge in [0.15, 0.2) is 0 Å². The maximum Gasteiger partial charge on any atom is 0.243 e. The highest BCUT2D eigenvalue weighted by Crippen LogP contribution is 2.30. The lowest BCUT2D eigenvalue weighted by atomic mass is 10.2. The Morgan fingerprint density at radius 1 is 0.968 bits per heavy atom. The Kier molecular flexibility index (Phi) is 7.78. The number of halogens is 3. The summed E-state index contributed by atoms with van der Waals surface area (Å²) in [5.74, 6) is -0.553. The van der Waals surface area contributed by atoms with Crippen molar-refractivity contribution in [2.24, 2.45) is 0 Å². The predicted octanol–water partition coefficient (Wildman–Crippen LogP) is 5.89. The molecule has 0 saturated heterocycles. The van der Waals surface area contributed by atoms with Crippen LogP contribution in [0, 0.1) is 6.92 Å². The zero-order valence-electron chi connectivity index (χ0n) is 16.5. The van der Waals surface area contributed by atoms with Gasteiger partial charge >= 0.3 is 0 Å². The smallest absolute Gasteiger partial charge is 0.243 e. The molecule has 5 nitrogen and oxygen atoms in total. The van der Waals surface area contributed by atoms with Crippen LogP contribution in [-0.4, -0.2) is 25.2 Å². The van der Waals surface area contributed by atoms with Gasteiger partial charge in [-0.05, 0) is 48.9 Å². The number of benzene rings is 3. The third-order valence-corrected chi connectivity index (χ3v) is 7.44. The number of nitrogens with zero attached hydrogens (tertiary/aromatic N) is 1. The minimum atomic E-state index is -3.94. The van der Waals surface area contributed by atoms with Crippen LogP contribution in [0.25, 0.3) is 0 Å². The summed E-state index contributed by atoms with van der Waals surface area (Å²) in [7, 11) is -3.94. The quantitative estimate of drug-likeness (QED) is 0.405. The molecule has 1 N–H and O–H groups in total. The molecule has 31 heavy (non-hydrogen) atoms. The van der Waals surface area contributed by atoms with E-state index in [9.17, 15) is 13.2 Å². The lowest BCUT2D eigenvalue weighted by Crippen LogP contribution is -2.37. The molecule has 0 fully saturated rings. The van der Waals surface area contributed by atoms with Crippen LogP contribution in [0.3, 0.4) is 0 Å². The normalized spacial score (nSPS) is 11.5. The monoisotopic (exact) mass is 540 g/mol. The van der Waals surface area contributed by atoms with E-state index in [1.54, 1.807) is 42.5 Å². The van der Waals surface area contributed by atoms with Gasteiger partial charge in [-0.2, -0.15) is 4.31 Å². The standard InChI is InChI=1S/C22H19BrCl2N2O3S/c1-15-5-11-18(12-6-15)31(29,30)27(13-16-7-9-17(23)10-8-16)14-21(28)26-22-19(24)3-2-4-20(22)25/h2-12H,13-14H2,1H3,(H,26,28).